The Hall–Kier alpha value is -1.12. The van der Waals surface area contributed by atoms with Crippen LogP contribution < -0.4 is 0 Å². The molecule has 80 valence electrons. The molecule has 0 unspecified atom stereocenters. The zero-order valence-electron chi connectivity index (χ0n) is 9.13. The zero-order valence-corrected chi connectivity index (χ0v) is 9.13. The van der Waals surface area contributed by atoms with Crippen LogP contribution >= 0.6 is 0 Å². The molecule has 0 fully saturated rings. The largest absolute Gasteiger partial charge is 0.465 e. The van der Waals surface area contributed by atoms with Crippen LogP contribution in [-0.4, -0.2) is 18.4 Å². The predicted octanol–water partition coefficient (Wildman–Crippen LogP) is 2.11. The summed E-state index contributed by atoms with van der Waals surface area (Å²) >= 11 is 0. The molecule has 0 aromatic rings. The lowest BCUT2D eigenvalue weighted by Crippen LogP contribution is -2.26. The quantitative estimate of drug-likeness (QED) is 0.485. The number of ketones is 1. The molecule has 0 aliphatic carbocycles. The van der Waals surface area contributed by atoms with Gasteiger partial charge in [0.15, 0.2) is 5.78 Å². The standard InChI is InChI=1S/C11H18O3/c1-5-9(12)7-8-14-10(13)11(3,4)6-2/h5H,1,6-8H2,2-4H3. The first-order valence-corrected chi connectivity index (χ1v) is 4.76. The first kappa shape index (κ1) is 12.9. The van der Waals surface area contributed by atoms with Crippen molar-refractivity contribution in [1.82, 2.24) is 0 Å². The van der Waals surface area contributed by atoms with Crippen LogP contribution in [0, 0.1) is 5.41 Å². The van der Waals surface area contributed by atoms with Gasteiger partial charge in [-0.25, -0.2) is 0 Å². The molecule has 14 heavy (non-hydrogen) atoms. The van der Waals surface area contributed by atoms with Crippen molar-refractivity contribution in [2.45, 2.75) is 33.6 Å². The van der Waals surface area contributed by atoms with Gasteiger partial charge in [-0.2, -0.15) is 0 Å². The van der Waals surface area contributed by atoms with Crippen LogP contribution in [0.4, 0.5) is 0 Å². The minimum Gasteiger partial charge on any atom is -0.465 e. The van der Waals surface area contributed by atoms with Crippen LogP contribution in [0.1, 0.15) is 33.6 Å². The van der Waals surface area contributed by atoms with Crippen molar-refractivity contribution in [3.05, 3.63) is 12.7 Å². The third-order valence-electron chi connectivity index (χ3n) is 2.25. The van der Waals surface area contributed by atoms with E-state index in [-0.39, 0.29) is 24.8 Å². The maximum Gasteiger partial charge on any atom is 0.311 e. The van der Waals surface area contributed by atoms with Crippen molar-refractivity contribution in [2.24, 2.45) is 5.41 Å². The first-order valence-electron chi connectivity index (χ1n) is 4.76. The molecule has 0 spiro atoms. The van der Waals surface area contributed by atoms with Crippen LogP contribution in [0.25, 0.3) is 0 Å². The van der Waals surface area contributed by atoms with E-state index >= 15 is 0 Å². The molecule has 0 N–H and O–H groups in total. The van der Waals surface area contributed by atoms with E-state index in [1.807, 2.05) is 20.8 Å². The summed E-state index contributed by atoms with van der Waals surface area (Å²) in [5.74, 6) is -0.357. The van der Waals surface area contributed by atoms with Crippen LogP contribution in [0.15, 0.2) is 12.7 Å². The monoisotopic (exact) mass is 198 g/mol. The molecule has 0 atom stereocenters. The minimum absolute atomic E-state index is 0.105. The molecule has 0 aromatic carbocycles. The fourth-order valence-corrected chi connectivity index (χ4v) is 0.686. The van der Waals surface area contributed by atoms with Gasteiger partial charge < -0.3 is 4.74 Å². The molecular weight excluding hydrogens is 180 g/mol. The second kappa shape index (κ2) is 5.58. The maximum absolute atomic E-state index is 11.4. The van der Waals surface area contributed by atoms with Crippen molar-refractivity contribution in [1.29, 1.82) is 0 Å². The Labute approximate surface area is 85.1 Å². The molecule has 0 aliphatic heterocycles. The van der Waals surface area contributed by atoms with Gasteiger partial charge in [0.25, 0.3) is 0 Å². The Bertz CT molecular complexity index is 229. The minimum atomic E-state index is -0.461. The second-order valence-corrected chi connectivity index (χ2v) is 3.79. The average molecular weight is 198 g/mol. The van der Waals surface area contributed by atoms with E-state index in [4.69, 9.17) is 4.74 Å². The lowest BCUT2D eigenvalue weighted by molar-refractivity contribution is -0.154. The molecular formula is C11H18O3. The summed E-state index contributed by atoms with van der Waals surface area (Å²) in [6.07, 6.45) is 2.18. The lowest BCUT2D eigenvalue weighted by atomic mass is 9.91. The smallest absolute Gasteiger partial charge is 0.311 e. The topological polar surface area (TPSA) is 43.4 Å². The molecule has 0 aromatic heterocycles. The summed E-state index contributed by atoms with van der Waals surface area (Å²) in [5, 5.41) is 0. The van der Waals surface area contributed by atoms with Gasteiger partial charge in [0.1, 0.15) is 0 Å². The number of hydrogen-bond acceptors (Lipinski definition) is 3. The number of rotatable bonds is 6. The van der Waals surface area contributed by atoms with E-state index in [9.17, 15) is 9.59 Å². The van der Waals surface area contributed by atoms with Gasteiger partial charge in [-0.15, -0.1) is 0 Å². The molecule has 3 heteroatoms. The Kier molecular flexibility index (Phi) is 5.13. The predicted molar refractivity (Wildman–Crippen MR) is 54.9 cm³/mol. The fourth-order valence-electron chi connectivity index (χ4n) is 0.686. The van der Waals surface area contributed by atoms with Crippen molar-refractivity contribution in [2.75, 3.05) is 6.61 Å². The van der Waals surface area contributed by atoms with Gasteiger partial charge in [-0.05, 0) is 26.3 Å². The molecule has 3 nitrogen and oxygen atoms in total. The first-order chi connectivity index (χ1) is 6.44. The number of ether oxygens (including phenoxy) is 1. The lowest BCUT2D eigenvalue weighted by Gasteiger charge is -2.19. The van der Waals surface area contributed by atoms with Crippen LogP contribution in [0.5, 0.6) is 0 Å². The third kappa shape index (κ3) is 4.21. The van der Waals surface area contributed by atoms with E-state index in [1.54, 1.807) is 0 Å². The molecule has 0 bridgehead atoms. The summed E-state index contributed by atoms with van der Waals surface area (Å²) in [6, 6.07) is 0. The average Bonchev–Trinajstić information content (AvgIpc) is 2.17. The molecule has 0 saturated heterocycles. The second-order valence-electron chi connectivity index (χ2n) is 3.79. The van der Waals surface area contributed by atoms with Gasteiger partial charge in [-0.1, -0.05) is 13.5 Å². The Morgan fingerprint density at radius 3 is 2.43 bits per heavy atom. The van der Waals surface area contributed by atoms with Gasteiger partial charge in [-0.3, -0.25) is 9.59 Å². The Morgan fingerprint density at radius 2 is 2.00 bits per heavy atom. The van der Waals surface area contributed by atoms with Crippen LogP contribution in [0.3, 0.4) is 0 Å². The highest BCUT2D eigenvalue weighted by Crippen LogP contribution is 2.21. The van der Waals surface area contributed by atoms with E-state index in [1.165, 1.54) is 6.08 Å². The Morgan fingerprint density at radius 1 is 1.43 bits per heavy atom. The molecule has 0 amide bonds. The number of carbonyl (C=O) groups is 2. The van der Waals surface area contributed by atoms with Gasteiger partial charge in [0.05, 0.1) is 12.0 Å². The molecule has 0 heterocycles. The van der Waals surface area contributed by atoms with Crippen molar-refractivity contribution >= 4 is 11.8 Å². The third-order valence-corrected chi connectivity index (χ3v) is 2.25. The number of carbonyl (C=O) groups excluding carboxylic acids is 2. The highest BCUT2D eigenvalue weighted by Gasteiger charge is 2.26. The van der Waals surface area contributed by atoms with E-state index < -0.39 is 5.41 Å². The summed E-state index contributed by atoms with van der Waals surface area (Å²) < 4.78 is 4.96. The number of allylic oxidation sites excluding steroid dienone is 1. The van der Waals surface area contributed by atoms with Crippen molar-refractivity contribution < 1.29 is 14.3 Å². The highest BCUT2D eigenvalue weighted by molar-refractivity contribution is 5.89. The Balaban J connectivity index is 3.86. The van der Waals surface area contributed by atoms with Crippen molar-refractivity contribution in [3.63, 3.8) is 0 Å². The molecule has 0 saturated carbocycles. The molecule has 0 rings (SSSR count). The SMILES string of the molecule is C=CC(=O)CCOC(=O)C(C)(C)CC. The van der Waals surface area contributed by atoms with Crippen molar-refractivity contribution in [3.8, 4) is 0 Å². The van der Waals surface area contributed by atoms with E-state index in [0.29, 0.717) is 0 Å². The summed E-state index contributed by atoms with van der Waals surface area (Å²) in [5.41, 5.74) is -0.461. The van der Waals surface area contributed by atoms with Gasteiger partial charge in [0.2, 0.25) is 0 Å². The summed E-state index contributed by atoms with van der Waals surface area (Å²) in [4.78, 5) is 22.2. The summed E-state index contributed by atoms with van der Waals surface area (Å²) in [7, 11) is 0. The van der Waals surface area contributed by atoms with E-state index in [2.05, 4.69) is 6.58 Å². The fraction of sp³-hybridized carbons (Fsp3) is 0.636. The zero-order chi connectivity index (χ0) is 11.2. The number of esters is 1. The maximum atomic E-state index is 11.4. The summed E-state index contributed by atoms with van der Waals surface area (Å²) in [6.45, 7) is 9.05. The highest BCUT2D eigenvalue weighted by atomic mass is 16.5. The molecule has 0 aliphatic rings. The van der Waals surface area contributed by atoms with Gasteiger partial charge >= 0.3 is 5.97 Å². The molecule has 0 radical (unpaired) electrons. The normalized spacial score (nSPS) is 10.8. The van der Waals surface area contributed by atoms with Crippen LogP contribution in [-0.2, 0) is 14.3 Å². The van der Waals surface area contributed by atoms with E-state index in [0.717, 1.165) is 6.42 Å². The van der Waals surface area contributed by atoms with Crippen LogP contribution in [0.2, 0.25) is 0 Å². The number of hydrogen-bond donors (Lipinski definition) is 0. The van der Waals surface area contributed by atoms with Gasteiger partial charge in [0, 0.05) is 6.42 Å².